The normalized spacial score (nSPS) is 16.2. The molecule has 0 aromatic heterocycles. The minimum absolute atomic E-state index is 0.126. The van der Waals surface area contributed by atoms with Crippen LogP contribution < -0.4 is 5.32 Å². The number of β-lactam (4-membered cyclic amide) rings is 1. The zero-order valence-electron chi connectivity index (χ0n) is 14.4. The number of aryl methyl sites for hydroxylation is 1. The molecule has 2 aliphatic heterocycles. The highest BCUT2D eigenvalue weighted by Gasteiger charge is 2.29. The number of benzene rings is 1. The largest absolute Gasteiger partial charge is 0.322 e. The summed E-state index contributed by atoms with van der Waals surface area (Å²) >= 11 is 0. The van der Waals surface area contributed by atoms with Gasteiger partial charge in [-0.1, -0.05) is 12.1 Å². The molecule has 0 unspecified atom stereocenters. The number of imide groups is 2. The van der Waals surface area contributed by atoms with Gasteiger partial charge in [0.1, 0.15) is 0 Å². The van der Waals surface area contributed by atoms with Crippen molar-refractivity contribution < 1.29 is 24.0 Å². The number of hydrogen-bond acceptors (Lipinski definition) is 5. The lowest BCUT2D eigenvalue weighted by molar-refractivity contribution is -0.152. The van der Waals surface area contributed by atoms with Gasteiger partial charge in [-0.15, -0.1) is 0 Å². The molecular formula is C19H17N3O5. The van der Waals surface area contributed by atoms with Gasteiger partial charge in [-0.2, -0.15) is 0 Å². The van der Waals surface area contributed by atoms with Crippen molar-refractivity contribution in [2.24, 2.45) is 0 Å². The minimum Gasteiger partial charge on any atom is -0.322 e. The fourth-order valence-corrected chi connectivity index (χ4v) is 2.60. The van der Waals surface area contributed by atoms with Crippen LogP contribution in [0.2, 0.25) is 0 Å². The first kappa shape index (κ1) is 18.2. The third kappa shape index (κ3) is 4.35. The lowest BCUT2D eigenvalue weighted by Gasteiger charge is -2.28. The van der Waals surface area contributed by atoms with Crippen LogP contribution in [0, 0.1) is 0 Å². The number of carbonyl (C=O) groups excluding carboxylic acids is 5. The van der Waals surface area contributed by atoms with Crippen molar-refractivity contribution >= 4 is 35.2 Å². The molecule has 0 saturated carbocycles. The zero-order chi connectivity index (χ0) is 19.4. The Morgan fingerprint density at radius 1 is 1.04 bits per heavy atom. The molecule has 8 nitrogen and oxygen atoms in total. The quantitative estimate of drug-likeness (QED) is 0.454. The summed E-state index contributed by atoms with van der Waals surface area (Å²) in [6.45, 7) is 0.501. The van der Waals surface area contributed by atoms with E-state index in [1.807, 2.05) is 0 Å². The van der Waals surface area contributed by atoms with Gasteiger partial charge >= 0.3 is 0 Å². The molecule has 2 aliphatic rings. The summed E-state index contributed by atoms with van der Waals surface area (Å²) in [6.07, 6.45) is 5.68. The van der Waals surface area contributed by atoms with Gasteiger partial charge in [0, 0.05) is 49.5 Å². The number of amides is 5. The summed E-state index contributed by atoms with van der Waals surface area (Å²) in [5.41, 5.74) is 1.44. The van der Waals surface area contributed by atoms with Crippen molar-refractivity contribution in [3.05, 3.63) is 54.3 Å². The maximum atomic E-state index is 11.9. The molecule has 0 atom stereocenters. The SMILES string of the molecule is O=C(/C=C/N1C(=O)C=CC1=O)Nc1ccc(CCC(=O)N2CCC2=O)cc1. The van der Waals surface area contributed by atoms with E-state index in [4.69, 9.17) is 0 Å². The number of rotatable bonds is 6. The predicted molar refractivity (Wildman–Crippen MR) is 94.9 cm³/mol. The average Bonchev–Trinajstić information content (AvgIpc) is 2.96. The standard InChI is InChI=1S/C19H17N3O5/c23-15(9-11-21-17(25)7-8-18(21)26)20-14-4-1-13(2-5-14)3-6-16(24)22-12-10-19(22)27/h1-2,4-5,7-9,11H,3,6,10,12H2,(H,20,23)/b11-9+. The van der Waals surface area contributed by atoms with E-state index >= 15 is 0 Å². The van der Waals surface area contributed by atoms with E-state index in [1.54, 1.807) is 24.3 Å². The first-order valence-corrected chi connectivity index (χ1v) is 8.40. The molecule has 3 rings (SSSR count). The Morgan fingerprint density at radius 2 is 1.70 bits per heavy atom. The summed E-state index contributed by atoms with van der Waals surface area (Å²) in [7, 11) is 0. The lowest BCUT2D eigenvalue weighted by atomic mass is 10.1. The first-order valence-electron chi connectivity index (χ1n) is 8.40. The molecule has 1 N–H and O–H groups in total. The molecule has 1 aromatic rings. The van der Waals surface area contributed by atoms with E-state index in [1.165, 1.54) is 4.90 Å². The molecule has 1 fully saturated rings. The van der Waals surface area contributed by atoms with Gasteiger partial charge < -0.3 is 5.32 Å². The Morgan fingerprint density at radius 3 is 2.26 bits per heavy atom. The van der Waals surface area contributed by atoms with Crippen molar-refractivity contribution in [3.63, 3.8) is 0 Å². The van der Waals surface area contributed by atoms with Gasteiger partial charge in [0.05, 0.1) is 0 Å². The van der Waals surface area contributed by atoms with E-state index in [9.17, 15) is 24.0 Å². The van der Waals surface area contributed by atoms with Crippen LogP contribution in [0.3, 0.4) is 0 Å². The second kappa shape index (κ2) is 7.77. The van der Waals surface area contributed by atoms with Crippen molar-refractivity contribution in [2.45, 2.75) is 19.3 Å². The maximum absolute atomic E-state index is 11.9. The molecule has 5 amide bonds. The van der Waals surface area contributed by atoms with Crippen LogP contribution in [0.1, 0.15) is 18.4 Å². The predicted octanol–water partition coefficient (Wildman–Crippen LogP) is 0.755. The number of nitrogens with one attached hydrogen (secondary N) is 1. The molecule has 138 valence electrons. The fraction of sp³-hybridized carbons (Fsp3) is 0.211. The van der Waals surface area contributed by atoms with Crippen molar-refractivity contribution in [1.29, 1.82) is 0 Å². The first-order chi connectivity index (χ1) is 12.9. The Kier molecular flexibility index (Phi) is 5.25. The van der Waals surface area contributed by atoms with Gasteiger partial charge in [-0.05, 0) is 24.1 Å². The van der Waals surface area contributed by atoms with Gasteiger partial charge in [0.2, 0.25) is 17.7 Å². The summed E-state index contributed by atoms with van der Waals surface area (Å²) in [5.74, 6) is -1.78. The van der Waals surface area contributed by atoms with Gasteiger partial charge in [-0.25, -0.2) is 0 Å². The highest BCUT2D eigenvalue weighted by molar-refractivity contribution is 6.14. The van der Waals surface area contributed by atoms with Crippen LogP contribution in [-0.4, -0.2) is 45.9 Å². The lowest BCUT2D eigenvalue weighted by Crippen LogP contribution is -2.47. The molecular weight excluding hydrogens is 350 g/mol. The van der Waals surface area contributed by atoms with Crippen molar-refractivity contribution in [3.8, 4) is 0 Å². The summed E-state index contributed by atoms with van der Waals surface area (Å²) in [6, 6.07) is 6.94. The molecule has 27 heavy (non-hydrogen) atoms. The summed E-state index contributed by atoms with van der Waals surface area (Å²) in [5, 5.41) is 2.61. The van der Waals surface area contributed by atoms with Crippen LogP contribution in [0.4, 0.5) is 5.69 Å². The molecule has 0 bridgehead atoms. The van der Waals surface area contributed by atoms with Gasteiger partial charge in [0.25, 0.3) is 11.8 Å². The van der Waals surface area contributed by atoms with Crippen LogP contribution >= 0.6 is 0 Å². The highest BCUT2D eigenvalue weighted by Crippen LogP contribution is 2.15. The third-order valence-corrected chi connectivity index (χ3v) is 4.22. The Labute approximate surface area is 155 Å². The molecule has 0 spiro atoms. The van der Waals surface area contributed by atoms with Gasteiger partial charge in [-0.3, -0.25) is 33.8 Å². The maximum Gasteiger partial charge on any atom is 0.257 e. The number of carbonyl (C=O) groups is 5. The van der Waals surface area contributed by atoms with E-state index < -0.39 is 17.7 Å². The van der Waals surface area contributed by atoms with Gasteiger partial charge in [0.15, 0.2) is 0 Å². The second-order valence-corrected chi connectivity index (χ2v) is 6.07. The molecule has 1 aromatic carbocycles. The monoisotopic (exact) mass is 367 g/mol. The topological polar surface area (TPSA) is 104 Å². The highest BCUT2D eigenvalue weighted by atomic mass is 16.2. The van der Waals surface area contributed by atoms with E-state index in [2.05, 4.69) is 5.32 Å². The average molecular weight is 367 g/mol. The van der Waals surface area contributed by atoms with Crippen LogP contribution in [0.5, 0.6) is 0 Å². The van der Waals surface area contributed by atoms with Crippen LogP contribution in [0.15, 0.2) is 48.7 Å². The van der Waals surface area contributed by atoms with E-state index in [0.717, 1.165) is 34.9 Å². The van der Waals surface area contributed by atoms with Crippen LogP contribution in [0.25, 0.3) is 0 Å². The smallest absolute Gasteiger partial charge is 0.257 e. The third-order valence-electron chi connectivity index (χ3n) is 4.22. The van der Waals surface area contributed by atoms with Crippen molar-refractivity contribution in [2.75, 3.05) is 11.9 Å². The van der Waals surface area contributed by atoms with Crippen LogP contribution in [-0.2, 0) is 30.4 Å². The second-order valence-electron chi connectivity index (χ2n) is 6.07. The van der Waals surface area contributed by atoms with E-state index in [-0.39, 0.29) is 18.2 Å². The molecule has 2 heterocycles. The number of hydrogen-bond donors (Lipinski definition) is 1. The Bertz CT molecular complexity index is 852. The zero-order valence-corrected chi connectivity index (χ0v) is 14.4. The number of likely N-dealkylation sites (tertiary alicyclic amines) is 1. The Balaban J connectivity index is 1.47. The molecule has 0 radical (unpaired) electrons. The number of anilines is 1. The number of nitrogens with zero attached hydrogens (tertiary/aromatic N) is 2. The Hall–Kier alpha value is -3.55. The summed E-state index contributed by atoms with van der Waals surface area (Å²) < 4.78 is 0. The fourth-order valence-electron chi connectivity index (χ4n) is 2.60. The van der Waals surface area contributed by atoms with E-state index in [0.29, 0.717) is 25.1 Å². The molecule has 0 aliphatic carbocycles. The van der Waals surface area contributed by atoms with Crippen molar-refractivity contribution in [1.82, 2.24) is 9.80 Å². The summed E-state index contributed by atoms with van der Waals surface area (Å²) in [4.78, 5) is 59.8. The minimum atomic E-state index is -0.497. The molecule has 8 heteroatoms. The molecule has 1 saturated heterocycles.